The highest BCUT2D eigenvalue weighted by Gasteiger charge is 2.46. The van der Waals surface area contributed by atoms with Gasteiger partial charge in [-0.2, -0.15) is 5.10 Å². The van der Waals surface area contributed by atoms with Gasteiger partial charge in [0, 0.05) is 7.05 Å². The van der Waals surface area contributed by atoms with Gasteiger partial charge in [0.2, 0.25) is 8.07 Å². The van der Waals surface area contributed by atoms with E-state index in [2.05, 4.69) is 103 Å². The Kier molecular flexibility index (Phi) is 5.64. The van der Waals surface area contributed by atoms with Crippen molar-refractivity contribution in [2.24, 2.45) is 5.10 Å². The summed E-state index contributed by atoms with van der Waals surface area (Å²) in [7, 11) is -0.511. The topological polar surface area (TPSA) is 24.4 Å². The van der Waals surface area contributed by atoms with Gasteiger partial charge >= 0.3 is 0 Å². The summed E-state index contributed by atoms with van der Waals surface area (Å²) < 4.78 is 0. The van der Waals surface area contributed by atoms with Crippen LogP contribution in [0.2, 0.25) is 5.04 Å². The van der Waals surface area contributed by atoms with Gasteiger partial charge in [0.1, 0.15) is 5.71 Å². The molecule has 2 nitrogen and oxygen atoms in total. The maximum Gasteiger partial charge on any atom is 0.204 e. The molecule has 3 heteroatoms. The summed E-state index contributed by atoms with van der Waals surface area (Å²) in [5.74, 6) is 3.33. The van der Waals surface area contributed by atoms with Gasteiger partial charge < -0.3 is 5.43 Å². The van der Waals surface area contributed by atoms with Crippen LogP contribution in [0.25, 0.3) is 0 Å². The zero-order valence-corrected chi connectivity index (χ0v) is 16.2. The molecule has 124 valence electrons. The number of nitrogens with zero attached hydrogens (tertiary/aromatic N) is 1. The molecule has 0 atom stereocenters. The van der Waals surface area contributed by atoms with E-state index in [1.54, 1.807) is 7.05 Å². The number of hydrogen-bond acceptors (Lipinski definition) is 2. The number of rotatable bonds is 3. The van der Waals surface area contributed by atoms with Gasteiger partial charge in [0.15, 0.2) is 0 Å². The van der Waals surface area contributed by atoms with Crippen molar-refractivity contribution in [1.29, 1.82) is 0 Å². The molecule has 2 aromatic carbocycles. The zero-order valence-electron chi connectivity index (χ0n) is 15.2. The third-order valence-electron chi connectivity index (χ3n) is 4.25. The largest absolute Gasteiger partial charge is 0.312 e. The van der Waals surface area contributed by atoms with E-state index >= 15 is 0 Å². The molecule has 2 rings (SSSR count). The molecule has 0 amide bonds. The van der Waals surface area contributed by atoms with E-state index in [1.165, 1.54) is 10.4 Å². The van der Waals surface area contributed by atoms with Crippen LogP contribution in [0.15, 0.2) is 65.8 Å². The lowest BCUT2D eigenvalue weighted by Gasteiger charge is -2.39. The van der Waals surface area contributed by atoms with Crippen molar-refractivity contribution in [3.8, 4) is 11.5 Å². The molecule has 0 aromatic heterocycles. The molecule has 1 N–H and O–H groups in total. The number of hydrogen-bond donors (Lipinski definition) is 1. The van der Waals surface area contributed by atoms with Crippen molar-refractivity contribution in [1.82, 2.24) is 5.43 Å². The Morgan fingerprint density at radius 1 is 0.917 bits per heavy atom. The molecule has 2 aromatic rings. The summed E-state index contributed by atoms with van der Waals surface area (Å²) in [6.45, 7) is 8.86. The van der Waals surface area contributed by atoms with E-state index in [0.717, 1.165) is 5.71 Å². The first-order valence-electron chi connectivity index (χ1n) is 8.27. The van der Waals surface area contributed by atoms with Crippen LogP contribution in [0.3, 0.4) is 0 Å². The molecule has 0 heterocycles. The van der Waals surface area contributed by atoms with E-state index in [-0.39, 0.29) is 5.04 Å². The Bertz CT molecular complexity index is 708. The van der Waals surface area contributed by atoms with Crippen LogP contribution >= 0.6 is 0 Å². The average molecular weight is 335 g/mol. The minimum absolute atomic E-state index is 0.0443. The monoisotopic (exact) mass is 334 g/mol. The van der Waals surface area contributed by atoms with Crippen LogP contribution in [-0.4, -0.2) is 20.8 Å². The molecule has 0 saturated heterocycles. The first-order valence-corrected chi connectivity index (χ1v) is 10.3. The summed E-state index contributed by atoms with van der Waals surface area (Å²) in [4.78, 5) is 0. The van der Waals surface area contributed by atoms with E-state index in [1.807, 2.05) is 6.92 Å². The molecule has 0 radical (unpaired) electrons. The Hall–Kier alpha value is -2.31. The quantitative estimate of drug-likeness (QED) is 0.396. The fourth-order valence-corrected chi connectivity index (χ4v) is 7.60. The van der Waals surface area contributed by atoms with E-state index in [9.17, 15) is 0 Å². The number of hydrazone groups is 1. The summed E-state index contributed by atoms with van der Waals surface area (Å²) in [5, 5.41) is 6.94. The maximum absolute atomic E-state index is 4.21. The second-order valence-electron chi connectivity index (χ2n) is 6.90. The van der Waals surface area contributed by atoms with Gasteiger partial charge in [-0.3, -0.25) is 0 Å². The van der Waals surface area contributed by atoms with Crippen LogP contribution < -0.4 is 15.8 Å². The highest BCUT2D eigenvalue weighted by atomic mass is 28.3. The Labute approximate surface area is 147 Å². The molecule has 0 saturated carbocycles. The van der Waals surface area contributed by atoms with Crippen LogP contribution in [0.5, 0.6) is 0 Å². The van der Waals surface area contributed by atoms with Gasteiger partial charge in [-0.05, 0) is 22.3 Å². The Morgan fingerprint density at radius 3 is 1.75 bits per heavy atom. The summed E-state index contributed by atoms with van der Waals surface area (Å²) in [6, 6.07) is 21.5. The second kappa shape index (κ2) is 7.50. The molecule has 0 aliphatic rings. The van der Waals surface area contributed by atoms with Crippen LogP contribution in [0.4, 0.5) is 0 Å². The van der Waals surface area contributed by atoms with Crippen molar-refractivity contribution in [3.05, 3.63) is 60.7 Å². The van der Waals surface area contributed by atoms with Gasteiger partial charge in [-0.15, -0.1) is 5.54 Å². The van der Waals surface area contributed by atoms with E-state index in [4.69, 9.17) is 0 Å². The molecule has 0 unspecified atom stereocenters. The number of nitrogens with one attached hydrogen (secondary N) is 1. The van der Waals surface area contributed by atoms with E-state index < -0.39 is 8.07 Å². The smallest absolute Gasteiger partial charge is 0.204 e. The minimum atomic E-state index is -2.31. The maximum atomic E-state index is 4.21. The van der Waals surface area contributed by atoms with E-state index in [0.29, 0.717) is 0 Å². The minimum Gasteiger partial charge on any atom is -0.312 e. The first kappa shape index (κ1) is 18.0. The lowest BCUT2D eigenvalue weighted by Crippen LogP contribution is -2.63. The predicted octanol–water partition coefficient (Wildman–Crippen LogP) is 3.19. The van der Waals surface area contributed by atoms with Gasteiger partial charge in [-0.25, -0.2) is 0 Å². The molecule has 0 fully saturated rings. The van der Waals surface area contributed by atoms with Crippen LogP contribution in [0.1, 0.15) is 27.7 Å². The van der Waals surface area contributed by atoms with Crippen LogP contribution in [0, 0.1) is 11.5 Å². The summed E-state index contributed by atoms with van der Waals surface area (Å²) in [6.07, 6.45) is 0. The molecule has 0 spiro atoms. The van der Waals surface area contributed by atoms with Crippen molar-refractivity contribution in [2.45, 2.75) is 32.7 Å². The van der Waals surface area contributed by atoms with Crippen LogP contribution in [-0.2, 0) is 0 Å². The standard InChI is InChI=1S/C21H26N2Si/c1-18(23-22-5)16-17-24(21(2,3)4,19-12-8-6-9-13-19)20-14-10-7-11-15-20/h6-15,22H,1-5H3/b23-18+. The molecule has 24 heavy (non-hydrogen) atoms. The fourth-order valence-electron chi connectivity index (χ4n) is 3.12. The first-order chi connectivity index (χ1) is 11.4. The zero-order chi connectivity index (χ0) is 17.6. The second-order valence-corrected chi connectivity index (χ2v) is 11.3. The Morgan fingerprint density at radius 2 is 1.38 bits per heavy atom. The lowest BCUT2D eigenvalue weighted by molar-refractivity contribution is 0.740. The number of benzene rings is 2. The third kappa shape index (κ3) is 3.60. The lowest BCUT2D eigenvalue weighted by atomic mass is 10.2. The van der Waals surface area contributed by atoms with Gasteiger partial charge in [0.25, 0.3) is 0 Å². The third-order valence-corrected chi connectivity index (χ3v) is 9.40. The SMILES string of the molecule is CN/N=C(\C)C#C[Si](c1ccccc1)(c1ccccc1)C(C)(C)C. The molecule has 0 aliphatic heterocycles. The van der Waals surface area contributed by atoms with Crippen molar-refractivity contribution < 1.29 is 0 Å². The molecule has 0 bridgehead atoms. The predicted molar refractivity (Wildman–Crippen MR) is 108 cm³/mol. The highest BCUT2D eigenvalue weighted by molar-refractivity contribution is 7.10. The fraction of sp³-hybridized carbons (Fsp3) is 0.286. The van der Waals surface area contributed by atoms with Gasteiger partial charge in [0.05, 0.1) is 0 Å². The van der Waals surface area contributed by atoms with Gasteiger partial charge in [-0.1, -0.05) is 87.4 Å². The molecule has 0 aliphatic carbocycles. The normalized spacial score (nSPS) is 12.3. The summed E-state index contributed by atoms with van der Waals surface area (Å²) >= 11 is 0. The molecular weight excluding hydrogens is 308 g/mol. The summed E-state index contributed by atoms with van der Waals surface area (Å²) in [5.41, 5.74) is 7.34. The van der Waals surface area contributed by atoms with Crippen molar-refractivity contribution >= 4 is 24.2 Å². The van der Waals surface area contributed by atoms with Crippen molar-refractivity contribution in [3.63, 3.8) is 0 Å². The van der Waals surface area contributed by atoms with Crippen molar-refractivity contribution in [2.75, 3.05) is 7.05 Å². The molecular formula is C21H26N2Si. The highest BCUT2D eigenvalue weighted by Crippen LogP contribution is 2.35. The Balaban J connectivity index is 2.78. The average Bonchev–Trinajstić information content (AvgIpc) is 2.56.